The molecule has 0 radical (unpaired) electrons. The summed E-state index contributed by atoms with van der Waals surface area (Å²) >= 11 is 5.20. The van der Waals surface area contributed by atoms with Gasteiger partial charge in [0, 0.05) is 22.3 Å². The van der Waals surface area contributed by atoms with Gasteiger partial charge in [-0.25, -0.2) is 0 Å². The molecule has 1 heterocycles. The zero-order chi connectivity index (χ0) is 21.2. The number of nitrogens with zero attached hydrogens (tertiary/aromatic N) is 4. The van der Waals surface area contributed by atoms with Crippen LogP contribution in [0.3, 0.4) is 0 Å². The number of rotatable bonds is 12. The third kappa shape index (κ3) is 6.20. The molecular formula is C21H26BrN5O2S. The van der Waals surface area contributed by atoms with Crippen molar-refractivity contribution in [3.63, 3.8) is 0 Å². The SMILES string of the molecule is CCCOc1c(CNCCCSc2nnnn2-c2ccccc2)cc(Br)cc1OC. The molecule has 160 valence electrons. The lowest BCUT2D eigenvalue weighted by Crippen LogP contribution is -2.16. The van der Waals surface area contributed by atoms with E-state index in [-0.39, 0.29) is 0 Å². The number of nitrogens with one attached hydrogen (secondary N) is 1. The number of aromatic nitrogens is 4. The summed E-state index contributed by atoms with van der Waals surface area (Å²) in [6, 6.07) is 13.9. The molecule has 30 heavy (non-hydrogen) atoms. The van der Waals surface area contributed by atoms with Gasteiger partial charge in [0.15, 0.2) is 11.5 Å². The molecule has 0 aliphatic rings. The smallest absolute Gasteiger partial charge is 0.214 e. The molecule has 1 aromatic heterocycles. The Labute approximate surface area is 189 Å². The largest absolute Gasteiger partial charge is 0.493 e. The molecule has 0 amide bonds. The van der Waals surface area contributed by atoms with Crippen LogP contribution < -0.4 is 14.8 Å². The summed E-state index contributed by atoms with van der Waals surface area (Å²) in [5.74, 6) is 2.48. The van der Waals surface area contributed by atoms with E-state index in [0.717, 1.165) is 57.5 Å². The average molecular weight is 492 g/mol. The van der Waals surface area contributed by atoms with Crippen molar-refractivity contribution in [3.05, 3.63) is 52.5 Å². The van der Waals surface area contributed by atoms with Crippen molar-refractivity contribution in [1.82, 2.24) is 25.5 Å². The summed E-state index contributed by atoms with van der Waals surface area (Å²) in [5.41, 5.74) is 2.04. The van der Waals surface area contributed by atoms with Crippen molar-refractivity contribution in [2.75, 3.05) is 26.0 Å². The van der Waals surface area contributed by atoms with E-state index >= 15 is 0 Å². The number of halogens is 1. The molecule has 0 saturated carbocycles. The lowest BCUT2D eigenvalue weighted by atomic mass is 10.2. The standard InChI is InChI=1S/C21H26BrN5O2S/c1-3-11-29-20-16(13-17(22)14-19(20)28-2)15-23-10-7-12-30-21-24-25-26-27(21)18-8-5-4-6-9-18/h4-6,8-9,13-14,23H,3,7,10-12,15H2,1-2H3. The van der Waals surface area contributed by atoms with Gasteiger partial charge in [-0.15, -0.1) is 5.10 Å². The van der Waals surface area contributed by atoms with Crippen molar-refractivity contribution in [3.8, 4) is 17.2 Å². The van der Waals surface area contributed by atoms with Gasteiger partial charge in [0.1, 0.15) is 0 Å². The van der Waals surface area contributed by atoms with Gasteiger partial charge in [0.2, 0.25) is 5.16 Å². The molecule has 0 spiro atoms. The summed E-state index contributed by atoms with van der Waals surface area (Å²) in [5, 5.41) is 16.3. The van der Waals surface area contributed by atoms with E-state index in [2.05, 4.69) is 49.8 Å². The first-order chi connectivity index (χ1) is 14.7. The van der Waals surface area contributed by atoms with E-state index in [0.29, 0.717) is 13.2 Å². The number of methoxy groups -OCH3 is 1. The number of benzene rings is 2. The Morgan fingerprint density at radius 2 is 2.03 bits per heavy atom. The highest BCUT2D eigenvalue weighted by Crippen LogP contribution is 2.35. The van der Waals surface area contributed by atoms with Gasteiger partial charge in [0.05, 0.1) is 19.4 Å². The third-order valence-electron chi connectivity index (χ3n) is 4.25. The lowest BCUT2D eigenvalue weighted by molar-refractivity contribution is 0.290. The Morgan fingerprint density at radius 3 is 2.80 bits per heavy atom. The molecule has 0 bridgehead atoms. The number of hydrogen-bond donors (Lipinski definition) is 1. The second kappa shape index (κ2) is 11.9. The molecule has 1 N–H and O–H groups in total. The van der Waals surface area contributed by atoms with Crippen LogP contribution in [0, 0.1) is 0 Å². The van der Waals surface area contributed by atoms with E-state index in [4.69, 9.17) is 9.47 Å². The predicted molar refractivity (Wildman–Crippen MR) is 123 cm³/mol. The summed E-state index contributed by atoms with van der Waals surface area (Å²) in [7, 11) is 1.66. The molecule has 7 nitrogen and oxygen atoms in total. The quantitative estimate of drug-likeness (QED) is 0.295. The first kappa shape index (κ1) is 22.6. The summed E-state index contributed by atoms with van der Waals surface area (Å²) < 4.78 is 14.2. The van der Waals surface area contributed by atoms with Gasteiger partial charge in [-0.2, -0.15) is 4.68 Å². The Balaban J connectivity index is 1.48. The van der Waals surface area contributed by atoms with Crippen LogP contribution in [0.5, 0.6) is 11.5 Å². The van der Waals surface area contributed by atoms with Crippen LogP contribution in [-0.4, -0.2) is 46.2 Å². The average Bonchev–Trinajstić information content (AvgIpc) is 3.24. The minimum absolute atomic E-state index is 0.664. The minimum Gasteiger partial charge on any atom is -0.493 e. The highest BCUT2D eigenvalue weighted by atomic mass is 79.9. The molecule has 0 aliphatic carbocycles. The maximum Gasteiger partial charge on any atom is 0.214 e. The molecule has 0 fully saturated rings. The highest BCUT2D eigenvalue weighted by molar-refractivity contribution is 9.10. The lowest BCUT2D eigenvalue weighted by Gasteiger charge is -2.16. The molecular weight excluding hydrogens is 466 g/mol. The molecule has 3 rings (SSSR count). The maximum atomic E-state index is 5.93. The van der Waals surface area contributed by atoms with E-state index in [9.17, 15) is 0 Å². The van der Waals surface area contributed by atoms with Crippen molar-refractivity contribution < 1.29 is 9.47 Å². The molecule has 3 aromatic rings. The number of ether oxygens (including phenoxy) is 2. The topological polar surface area (TPSA) is 74.1 Å². The van der Waals surface area contributed by atoms with Gasteiger partial charge < -0.3 is 14.8 Å². The van der Waals surface area contributed by atoms with E-state index in [1.807, 2.05) is 36.4 Å². The Hall–Kier alpha value is -2.10. The van der Waals surface area contributed by atoms with Crippen LogP contribution in [0.1, 0.15) is 25.3 Å². The fourth-order valence-corrected chi connectivity index (χ4v) is 4.17. The Morgan fingerprint density at radius 1 is 1.20 bits per heavy atom. The number of thioether (sulfide) groups is 1. The Bertz CT molecular complexity index is 923. The number of tetrazole rings is 1. The summed E-state index contributed by atoms with van der Waals surface area (Å²) in [6.45, 7) is 4.34. The second-order valence-electron chi connectivity index (χ2n) is 6.53. The predicted octanol–water partition coefficient (Wildman–Crippen LogP) is 4.49. The van der Waals surface area contributed by atoms with Crippen molar-refractivity contribution in [2.24, 2.45) is 0 Å². The molecule has 0 unspecified atom stereocenters. The number of para-hydroxylation sites is 1. The minimum atomic E-state index is 0.664. The summed E-state index contributed by atoms with van der Waals surface area (Å²) in [6.07, 6.45) is 1.94. The van der Waals surface area contributed by atoms with Gasteiger partial charge in [-0.05, 0) is 54.1 Å². The van der Waals surface area contributed by atoms with Crippen LogP contribution in [0.25, 0.3) is 5.69 Å². The van der Waals surface area contributed by atoms with Crippen LogP contribution in [0.4, 0.5) is 0 Å². The van der Waals surface area contributed by atoms with Crippen LogP contribution in [0.15, 0.2) is 52.1 Å². The van der Waals surface area contributed by atoms with Crippen LogP contribution in [-0.2, 0) is 6.54 Å². The van der Waals surface area contributed by atoms with Crippen molar-refractivity contribution >= 4 is 27.7 Å². The van der Waals surface area contributed by atoms with Crippen LogP contribution in [0.2, 0.25) is 0 Å². The van der Waals surface area contributed by atoms with Gasteiger partial charge in [-0.1, -0.05) is 52.8 Å². The molecule has 0 aliphatic heterocycles. The zero-order valence-electron chi connectivity index (χ0n) is 17.2. The monoisotopic (exact) mass is 491 g/mol. The van der Waals surface area contributed by atoms with E-state index in [1.165, 1.54) is 0 Å². The fraction of sp³-hybridized carbons (Fsp3) is 0.381. The van der Waals surface area contributed by atoms with Crippen LogP contribution >= 0.6 is 27.7 Å². The fourth-order valence-electron chi connectivity index (χ4n) is 2.86. The highest BCUT2D eigenvalue weighted by Gasteiger charge is 2.13. The maximum absolute atomic E-state index is 5.93. The molecule has 9 heteroatoms. The summed E-state index contributed by atoms with van der Waals surface area (Å²) in [4.78, 5) is 0. The van der Waals surface area contributed by atoms with E-state index < -0.39 is 0 Å². The first-order valence-corrected chi connectivity index (χ1v) is 11.7. The van der Waals surface area contributed by atoms with Crippen molar-refractivity contribution in [1.29, 1.82) is 0 Å². The second-order valence-corrected chi connectivity index (χ2v) is 8.51. The van der Waals surface area contributed by atoms with Gasteiger partial charge in [0.25, 0.3) is 0 Å². The van der Waals surface area contributed by atoms with Gasteiger partial charge in [-0.3, -0.25) is 0 Å². The van der Waals surface area contributed by atoms with Gasteiger partial charge >= 0.3 is 0 Å². The Kier molecular flexibility index (Phi) is 8.98. The molecule has 0 saturated heterocycles. The number of hydrogen-bond acceptors (Lipinski definition) is 7. The zero-order valence-corrected chi connectivity index (χ0v) is 19.6. The normalized spacial score (nSPS) is 10.9. The van der Waals surface area contributed by atoms with E-state index in [1.54, 1.807) is 23.6 Å². The molecule has 0 atom stereocenters. The molecule has 2 aromatic carbocycles. The van der Waals surface area contributed by atoms with Crippen molar-refractivity contribution in [2.45, 2.75) is 31.5 Å². The third-order valence-corrected chi connectivity index (χ3v) is 5.72. The first-order valence-electron chi connectivity index (χ1n) is 9.89.